The van der Waals surface area contributed by atoms with Crippen LogP contribution in [-0.2, 0) is 9.47 Å². The molecule has 2 saturated heterocycles. The topological polar surface area (TPSA) is 115 Å². The highest BCUT2D eigenvalue weighted by atomic mass is 16.5. The maximum absolute atomic E-state index is 11.6. The highest BCUT2D eigenvalue weighted by molar-refractivity contribution is 5.90. The minimum Gasteiger partial charge on any atom is -0.465 e. The van der Waals surface area contributed by atoms with E-state index in [4.69, 9.17) is 9.47 Å². The summed E-state index contributed by atoms with van der Waals surface area (Å²) in [4.78, 5) is 28.0. The number of rotatable bonds is 8. The third kappa shape index (κ3) is 6.76. The van der Waals surface area contributed by atoms with Crippen LogP contribution >= 0.6 is 0 Å². The standard InChI is InChI=1S/C27H36N8O4/c1-26(2)15-34(30-28-22-11-7-20(8-12-22)24(36)38-5)18-32(26)17-33-19-35(16-27(33,3)4)31-29-23-13-9-21(10-14-23)25(37)39-6/h7-14H,15-19H2,1-6H3. The lowest BCUT2D eigenvalue weighted by atomic mass is 10.0. The van der Waals surface area contributed by atoms with Crippen molar-refractivity contribution in [3.05, 3.63) is 59.7 Å². The van der Waals surface area contributed by atoms with E-state index in [1.807, 2.05) is 10.0 Å². The zero-order valence-electron chi connectivity index (χ0n) is 23.4. The van der Waals surface area contributed by atoms with Crippen LogP contribution in [0.1, 0.15) is 48.4 Å². The number of esters is 2. The summed E-state index contributed by atoms with van der Waals surface area (Å²) in [6.45, 7) is 12.3. The fraction of sp³-hybridized carbons (Fsp3) is 0.481. The van der Waals surface area contributed by atoms with Gasteiger partial charge in [-0.15, -0.1) is 10.2 Å². The summed E-state index contributed by atoms with van der Waals surface area (Å²) in [7, 11) is 2.72. The van der Waals surface area contributed by atoms with Crippen molar-refractivity contribution < 1.29 is 19.1 Å². The molecule has 0 bridgehead atoms. The normalized spacial score (nSPS) is 19.3. The smallest absolute Gasteiger partial charge is 0.337 e. The summed E-state index contributed by atoms with van der Waals surface area (Å²) in [5, 5.41) is 21.5. The first-order valence-corrected chi connectivity index (χ1v) is 12.7. The Kier molecular flexibility index (Phi) is 8.26. The van der Waals surface area contributed by atoms with Crippen molar-refractivity contribution in [2.45, 2.75) is 38.8 Å². The van der Waals surface area contributed by atoms with Crippen molar-refractivity contribution in [2.75, 3.05) is 47.3 Å². The van der Waals surface area contributed by atoms with Crippen molar-refractivity contribution in [3.63, 3.8) is 0 Å². The minimum atomic E-state index is -0.380. The summed E-state index contributed by atoms with van der Waals surface area (Å²) in [5.74, 6) is -0.760. The van der Waals surface area contributed by atoms with Gasteiger partial charge < -0.3 is 9.47 Å². The summed E-state index contributed by atoms with van der Waals surface area (Å²) in [5.41, 5.74) is 2.06. The first-order valence-electron chi connectivity index (χ1n) is 12.7. The zero-order chi connectivity index (χ0) is 28.2. The van der Waals surface area contributed by atoms with Crippen molar-refractivity contribution >= 4 is 23.3 Å². The molecule has 0 spiro atoms. The average Bonchev–Trinajstić information content (AvgIpc) is 3.38. The quantitative estimate of drug-likeness (QED) is 0.355. The molecule has 0 saturated carbocycles. The molecule has 2 aliphatic rings. The molecular weight excluding hydrogens is 500 g/mol. The van der Waals surface area contributed by atoms with Crippen LogP contribution in [0.25, 0.3) is 0 Å². The number of carbonyl (C=O) groups excluding carboxylic acids is 2. The monoisotopic (exact) mass is 536 g/mol. The van der Waals surface area contributed by atoms with E-state index in [2.05, 4.69) is 58.2 Å². The van der Waals surface area contributed by atoms with Crippen molar-refractivity contribution in [2.24, 2.45) is 20.7 Å². The lowest BCUT2D eigenvalue weighted by Crippen LogP contribution is -2.51. The molecule has 0 amide bonds. The SMILES string of the molecule is COC(=O)c1ccc(N=NN2CN(CN3CN(N=Nc4ccc(C(=O)OC)cc4)CC3(C)C)C(C)(C)C2)cc1. The highest BCUT2D eigenvalue weighted by Crippen LogP contribution is 2.30. The van der Waals surface area contributed by atoms with Gasteiger partial charge in [0.15, 0.2) is 0 Å². The molecule has 2 heterocycles. The van der Waals surface area contributed by atoms with Crippen LogP contribution in [0.5, 0.6) is 0 Å². The van der Waals surface area contributed by atoms with Gasteiger partial charge in [0.25, 0.3) is 0 Å². The minimum absolute atomic E-state index is 0.111. The van der Waals surface area contributed by atoms with E-state index in [9.17, 15) is 9.59 Å². The van der Waals surface area contributed by atoms with Crippen molar-refractivity contribution in [1.82, 2.24) is 19.8 Å². The maximum Gasteiger partial charge on any atom is 0.337 e. The number of benzene rings is 2. The molecule has 12 nitrogen and oxygen atoms in total. The predicted molar refractivity (Wildman–Crippen MR) is 144 cm³/mol. The molecule has 0 unspecified atom stereocenters. The van der Waals surface area contributed by atoms with Gasteiger partial charge in [0.2, 0.25) is 0 Å². The number of hydrogen-bond donors (Lipinski definition) is 0. The fourth-order valence-electron chi connectivity index (χ4n) is 4.56. The van der Waals surface area contributed by atoms with Gasteiger partial charge in [-0.25, -0.2) is 9.59 Å². The summed E-state index contributed by atoms with van der Waals surface area (Å²) >= 11 is 0. The van der Waals surface area contributed by atoms with E-state index in [0.29, 0.717) is 35.8 Å². The Hall–Kier alpha value is -3.90. The number of carbonyl (C=O) groups is 2. The summed E-state index contributed by atoms with van der Waals surface area (Å²) < 4.78 is 9.47. The second-order valence-corrected chi connectivity index (χ2v) is 10.9. The van der Waals surface area contributed by atoms with E-state index >= 15 is 0 Å². The fourth-order valence-corrected chi connectivity index (χ4v) is 4.56. The third-order valence-corrected chi connectivity index (χ3v) is 7.01. The van der Waals surface area contributed by atoms with E-state index in [1.165, 1.54) is 14.2 Å². The molecule has 2 aromatic rings. The Bertz CT molecular complexity index is 1130. The molecule has 0 aromatic heterocycles. The van der Waals surface area contributed by atoms with Crippen molar-refractivity contribution in [1.29, 1.82) is 0 Å². The maximum atomic E-state index is 11.6. The second-order valence-electron chi connectivity index (χ2n) is 10.9. The number of nitrogens with zero attached hydrogens (tertiary/aromatic N) is 8. The summed E-state index contributed by atoms with van der Waals surface area (Å²) in [6.07, 6.45) is 0. The van der Waals surface area contributed by atoms with Crippen LogP contribution < -0.4 is 0 Å². The van der Waals surface area contributed by atoms with Crippen LogP contribution in [0, 0.1) is 0 Å². The Morgan fingerprint density at radius 2 is 1.05 bits per heavy atom. The Morgan fingerprint density at radius 1 is 0.692 bits per heavy atom. The molecule has 2 fully saturated rings. The average molecular weight is 537 g/mol. The third-order valence-electron chi connectivity index (χ3n) is 7.01. The molecule has 2 aliphatic heterocycles. The van der Waals surface area contributed by atoms with E-state index in [1.54, 1.807) is 48.5 Å². The van der Waals surface area contributed by atoms with Gasteiger partial charge in [0.1, 0.15) is 0 Å². The molecule has 0 atom stereocenters. The molecule has 12 heteroatoms. The van der Waals surface area contributed by atoms with E-state index in [-0.39, 0.29) is 23.0 Å². The lowest BCUT2D eigenvalue weighted by Gasteiger charge is -2.37. The molecule has 0 N–H and O–H groups in total. The van der Waals surface area contributed by atoms with Gasteiger partial charge in [0, 0.05) is 11.1 Å². The largest absolute Gasteiger partial charge is 0.465 e. The Labute approximate surface area is 228 Å². The van der Waals surface area contributed by atoms with Crippen LogP contribution in [0.4, 0.5) is 11.4 Å². The van der Waals surface area contributed by atoms with Gasteiger partial charge in [-0.2, -0.15) is 0 Å². The predicted octanol–water partition coefficient (Wildman–Crippen LogP) is 4.62. The van der Waals surface area contributed by atoms with Gasteiger partial charge in [-0.1, -0.05) is 10.4 Å². The molecule has 4 rings (SSSR count). The second kappa shape index (κ2) is 11.5. The molecule has 39 heavy (non-hydrogen) atoms. The van der Waals surface area contributed by atoms with Gasteiger partial charge in [0.05, 0.1) is 69.8 Å². The number of methoxy groups -OCH3 is 2. The molecule has 2 aromatic carbocycles. The molecule has 0 radical (unpaired) electrons. The Balaban J connectivity index is 1.35. The zero-order valence-corrected chi connectivity index (χ0v) is 23.4. The Morgan fingerprint density at radius 3 is 1.38 bits per heavy atom. The lowest BCUT2D eigenvalue weighted by molar-refractivity contribution is 0.0416. The molecule has 208 valence electrons. The van der Waals surface area contributed by atoms with E-state index < -0.39 is 0 Å². The van der Waals surface area contributed by atoms with Gasteiger partial charge in [-0.3, -0.25) is 19.8 Å². The summed E-state index contributed by atoms with van der Waals surface area (Å²) in [6, 6.07) is 13.7. The van der Waals surface area contributed by atoms with Gasteiger partial charge >= 0.3 is 11.9 Å². The van der Waals surface area contributed by atoms with Crippen LogP contribution in [-0.4, -0.2) is 90.1 Å². The first kappa shape index (κ1) is 28.1. The van der Waals surface area contributed by atoms with Crippen molar-refractivity contribution in [3.8, 4) is 0 Å². The molecule has 0 aliphatic carbocycles. The highest BCUT2D eigenvalue weighted by Gasteiger charge is 2.43. The first-order chi connectivity index (χ1) is 18.5. The van der Waals surface area contributed by atoms with Crippen LogP contribution in [0.15, 0.2) is 69.2 Å². The number of hydrogen-bond acceptors (Lipinski definition) is 10. The molecular formula is C27H36N8O4. The number of ether oxygens (including phenoxy) is 2. The van der Waals surface area contributed by atoms with Crippen LogP contribution in [0.3, 0.4) is 0 Å². The van der Waals surface area contributed by atoms with E-state index in [0.717, 1.165) is 19.8 Å². The van der Waals surface area contributed by atoms with Gasteiger partial charge in [-0.05, 0) is 76.2 Å². The van der Waals surface area contributed by atoms with Crippen LogP contribution in [0.2, 0.25) is 0 Å².